The molecular weight excluding hydrogens is 351 g/mol. The largest absolute Gasteiger partial charge is 0.354 e. The molecule has 26 heavy (non-hydrogen) atoms. The lowest BCUT2D eigenvalue weighted by molar-refractivity contribution is 0.619. The Hall–Kier alpha value is -3.13. The number of hydrogen-bond acceptors (Lipinski definition) is 7. The Labute approximate surface area is 153 Å². The zero-order valence-electron chi connectivity index (χ0n) is 14.1. The van der Waals surface area contributed by atoms with E-state index in [0.29, 0.717) is 17.2 Å². The summed E-state index contributed by atoms with van der Waals surface area (Å²) in [6.45, 7) is 0. The van der Waals surface area contributed by atoms with Gasteiger partial charge >= 0.3 is 0 Å². The molecule has 4 aromatic rings. The second-order valence-corrected chi connectivity index (χ2v) is 6.77. The summed E-state index contributed by atoms with van der Waals surface area (Å²) in [5.74, 6) is -0.195. The van der Waals surface area contributed by atoms with Crippen LogP contribution in [0.15, 0.2) is 42.7 Å². The number of anilines is 3. The number of aromatic nitrogens is 4. The average molecular weight is 365 g/mol. The monoisotopic (exact) mass is 365 g/mol. The summed E-state index contributed by atoms with van der Waals surface area (Å²) in [5, 5.41) is 3.90. The molecule has 0 aliphatic rings. The Morgan fingerprint density at radius 2 is 2.04 bits per heavy atom. The van der Waals surface area contributed by atoms with Crippen LogP contribution in [0.25, 0.3) is 21.5 Å². The van der Waals surface area contributed by atoms with Gasteiger partial charge in [-0.25, -0.2) is 19.3 Å². The van der Waals surface area contributed by atoms with Crippen molar-refractivity contribution in [1.82, 2.24) is 19.9 Å². The van der Waals surface area contributed by atoms with Gasteiger partial charge in [0, 0.05) is 19.7 Å². The van der Waals surface area contributed by atoms with E-state index in [1.807, 2.05) is 37.2 Å². The van der Waals surface area contributed by atoms with Gasteiger partial charge < -0.3 is 10.2 Å². The maximum Gasteiger partial charge on any atom is 0.227 e. The van der Waals surface area contributed by atoms with Crippen molar-refractivity contribution in [1.29, 1.82) is 0 Å². The van der Waals surface area contributed by atoms with Crippen LogP contribution in [0.3, 0.4) is 0 Å². The van der Waals surface area contributed by atoms with Crippen LogP contribution < -0.4 is 10.2 Å². The third-order valence-electron chi connectivity index (χ3n) is 3.65. The molecule has 4 rings (SSSR count). The van der Waals surface area contributed by atoms with Gasteiger partial charge in [-0.3, -0.25) is 4.98 Å². The van der Waals surface area contributed by atoms with Crippen LogP contribution in [0, 0.1) is 12.0 Å². The van der Waals surface area contributed by atoms with Gasteiger partial charge in [-0.15, -0.1) is 0 Å². The molecule has 1 radical (unpaired) electrons. The van der Waals surface area contributed by atoms with E-state index in [1.54, 1.807) is 29.7 Å². The third kappa shape index (κ3) is 3.18. The van der Waals surface area contributed by atoms with E-state index in [9.17, 15) is 4.39 Å². The zero-order chi connectivity index (χ0) is 18.1. The summed E-state index contributed by atoms with van der Waals surface area (Å²) in [6.07, 6.45) is 5.44. The lowest BCUT2D eigenvalue weighted by atomic mass is 10.1. The predicted molar refractivity (Wildman–Crippen MR) is 101 cm³/mol. The summed E-state index contributed by atoms with van der Waals surface area (Å²) >= 11 is 1.58. The minimum atomic E-state index is -0.488. The van der Waals surface area contributed by atoms with Crippen LogP contribution in [0.1, 0.15) is 0 Å². The number of thiazole rings is 1. The lowest BCUT2D eigenvalue weighted by Gasteiger charge is -2.07. The quantitative estimate of drug-likeness (QED) is 0.592. The van der Waals surface area contributed by atoms with Gasteiger partial charge in [-0.2, -0.15) is 0 Å². The fourth-order valence-electron chi connectivity index (χ4n) is 2.41. The molecule has 1 N–H and O–H groups in total. The van der Waals surface area contributed by atoms with Crippen molar-refractivity contribution in [2.75, 3.05) is 24.3 Å². The van der Waals surface area contributed by atoms with Gasteiger partial charge in [-0.05, 0) is 24.3 Å². The van der Waals surface area contributed by atoms with Crippen molar-refractivity contribution in [3.63, 3.8) is 0 Å². The molecule has 0 aliphatic heterocycles. The Kier molecular flexibility index (Phi) is 4.18. The van der Waals surface area contributed by atoms with Gasteiger partial charge in [-0.1, -0.05) is 17.4 Å². The van der Waals surface area contributed by atoms with Gasteiger partial charge in [0.15, 0.2) is 10.9 Å². The highest BCUT2D eigenvalue weighted by Crippen LogP contribution is 2.31. The van der Waals surface area contributed by atoms with Gasteiger partial charge in [0.25, 0.3) is 0 Å². The maximum atomic E-state index is 14.3. The normalized spacial score (nSPS) is 10.9. The summed E-state index contributed by atoms with van der Waals surface area (Å²) in [5.41, 5.74) is 2.38. The summed E-state index contributed by atoms with van der Waals surface area (Å²) in [4.78, 5) is 18.7. The van der Waals surface area contributed by atoms with E-state index in [2.05, 4.69) is 31.4 Å². The van der Waals surface area contributed by atoms with Crippen molar-refractivity contribution in [2.45, 2.75) is 0 Å². The molecule has 1 aromatic carbocycles. The second kappa shape index (κ2) is 6.64. The number of benzene rings is 1. The van der Waals surface area contributed by atoms with Crippen LogP contribution in [0.5, 0.6) is 0 Å². The lowest BCUT2D eigenvalue weighted by Crippen LogP contribution is -2.07. The van der Waals surface area contributed by atoms with Crippen molar-refractivity contribution in [3.8, 4) is 11.3 Å². The molecule has 8 heteroatoms. The molecule has 0 saturated heterocycles. The first-order valence-corrected chi connectivity index (χ1v) is 8.62. The predicted octanol–water partition coefficient (Wildman–Crippen LogP) is 3.90. The smallest absolute Gasteiger partial charge is 0.227 e. The van der Waals surface area contributed by atoms with E-state index >= 15 is 0 Å². The molecule has 0 atom stereocenters. The van der Waals surface area contributed by atoms with Crippen LogP contribution >= 0.6 is 11.3 Å². The molecule has 6 nitrogen and oxygen atoms in total. The number of pyridine rings is 1. The molecule has 0 spiro atoms. The Balaban J connectivity index is 1.72. The fraction of sp³-hybridized carbons (Fsp3) is 0.111. The Morgan fingerprint density at radius 1 is 1.15 bits per heavy atom. The number of rotatable bonds is 4. The molecule has 0 saturated carbocycles. The molecule has 0 fully saturated rings. The minimum absolute atomic E-state index is 0.222. The highest BCUT2D eigenvalue weighted by atomic mass is 32.1. The van der Waals surface area contributed by atoms with E-state index in [-0.39, 0.29) is 5.69 Å². The topological polar surface area (TPSA) is 66.8 Å². The number of nitrogens with zero attached hydrogens (tertiary/aromatic N) is 5. The molecule has 0 aliphatic carbocycles. The summed E-state index contributed by atoms with van der Waals surface area (Å²) in [7, 11) is 3.88. The number of halogens is 1. The van der Waals surface area contributed by atoms with Gasteiger partial charge in [0.2, 0.25) is 5.95 Å². The van der Waals surface area contributed by atoms with Crippen LogP contribution in [-0.4, -0.2) is 34.0 Å². The van der Waals surface area contributed by atoms with Gasteiger partial charge in [0.1, 0.15) is 5.69 Å². The highest BCUT2D eigenvalue weighted by molar-refractivity contribution is 7.22. The summed E-state index contributed by atoms with van der Waals surface area (Å²) in [6, 6.07) is 9.07. The molecule has 3 heterocycles. The number of hydrogen-bond donors (Lipinski definition) is 1. The molecule has 129 valence electrons. The second-order valence-electron chi connectivity index (χ2n) is 5.76. The average Bonchev–Trinajstić information content (AvgIpc) is 3.08. The first-order valence-electron chi connectivity index (χ1n) is 7.80. The van der Waals surface area contributed by atoms with Crippen LogP contribution in [-0.2, 0) is 0 Å². The first kappa shape index (κ1) is 16.3. The van der Waals surface area contributed by atoms with Crippen molar-refractivity contribution in [2.24, 2.45) is 0 Å². The SMILES string of the molecule is CN(C)c1nc2cc(-c3nc(Nc4cc[c]nc4)ncc3F)ccc2s1. The molecular formula is C18H14FN6S. The van der Waals surface area contributed by atoms with Crippen LogP contribution in [0.4, 0.5) is 21.2 Å². The van der Waals surface area contributed by atoms with E-state index < -0.39 is 5.82 Å². The van der Waals surface area contributed by atoms with Gasteiger partial charge in [0.05, 0.1) is 34.5 Å². The first-order chi connectivity index (χ1) is 12.6. The van der Waals surface area contributed by atoms with E-state index in [4.69, 9.17) is 0 Å². The Morgan fingerprint density at radius 3 is 2.81 bits per heavy atom. The summed E-state index contributed by atoms with van der Waals surface area (Å²) < 4.78 is 15.4. The molecule has 0 bridgehead atoms. The van der Waals surface area contributed by atoms with Crippen molar-refractivity contribution in [3.05, 3.63) is 54.7 Å². The standard InChI is InChI=1S/C18H14FN6S/c1-25(2)18-23-14-8-11(5-6-15(14)26-18)16-13(19)10-21-17(24-16)22-12-4-3-7-20-9-12/h3-6,8-10H,1-2H3,(H,21,22,24). The fourth-order valence-corrected chi connectivity index (χ4v) is 3.28. The minimum Gasteiger partial charge on any atom is -0.354 e. The molecule has 0 unspecified atom stereocenters. The number of fused-ring (bicyclic) bond motifs is 1. The van der Waals surface area contributed by atoms with Crippen molar-refractivity contribution < 1.29 is 4.39 Å². The van der Waals surface area contributed by atoms with E-state index in [1.165, 1.54) is 0 Å². The maximum absolute atomic E-state index is 14.3. The number of nitrogens with one attached hydrogen (secondary N) is 1. The molecule has 3 aromatic heterocycles. The molecule has 0 amide bonds. The van der Waals surface area contributed by atoms with Crippen molar-refractivity contribution >= 4 is 38.3 Å². The third-order valence-corrected chi connectivity index (χ3v) is 4.85. The zero-order valence-corrected chi connectivity index (χ0v) is 14.9. The van der Waals surface area contributed by atoms with Crippen LogP contribution in [0.2, 0.25) is 0 Å². The Bertz CT molecular complexity index is 1060. The van der Waals surface area contributed by atoms with E-state index in [0.717, 1.165) is 21.5 Å². The highest BCUT2D eigenvalue weighted by Gasteiger charge is 2.13.